The quantitative estimate of drug-likeness (QED) is 0.710. The van der Waals surface area contributed by atoms with Crippen LogP contribution in [0.3, 0.4) is 0 Å². The highest BCUT2D eigenvalue weighted by molar-refractivity contribution is 6.33. The summed E-state index contributed by atoms with van der Waals surface area (Å²) in [4.78, 5) is 20.6. The second-order valence-corrected chi connectivity index (χ2v) is 3.49. The third kappa shape index (κ3) is 1.56. The van der Waals surface area contributed by atoms with E-state index in [0.717, 1.165) is 0 Å². The van der Waals surface area contributed by atoms with Crippen LogP contribution in [0.5, 0.6) is 0 Å². The monoisotopic (exact) mass is 213 g/mol. The number of aromatic nitrogens is 2. The van der Waals surface area contributed by atoms with Gasteiger partial charge in [0, 0.05) is 19.3 Å². The molecule has 0 saturated carbocycles. The molecule has 1 N–H and O–H groups in total. The molecule has 0 aliphatic carbocycles. The molecule has 1 amide bonds. The van der Waals surface area contributed by atoms with Gasteiger partial charge in [-0.2, -0.15) is 0 Å². The summed E-state index contributed by atoms with van der Waals surface area (Å²) in [6.07, 6.45) is 2.23. The van der Waals surface area contributed by atoms with Crippen LogP contribution < -0.4 is 0 Å². The number of rotatable bonds is 1. The molecule has 1 saturated heterocycles. The molecule has 1 fully saturated rings. The second kappa shape index (κ2) is 3.51. The fourth-order valence-electron chi connectivity index (χ4n) is 1.24. The largest absolute Gasteiger partial charge is 0.389 e. The molecule has 14 heavy (non-hydrogen) atoms. The zero-order valence-electron chi connectivity index (χ0n) is 7.22. The number of likely N-dealkylation sites (tertiary alicyclic amines) is 1. The van der Waals surface area contributed by atoms with E-state index in [1.165, 1.54) is 17.4 Å². The minimum atomic E-state index is -0.417. The van der Waals surface area contributed by atoms with Crippen molar-refractivity contribution in [3.05, 3.63) is 23.2 Å². The van der Waals surface area contributed by atoms with Gasteiger partial charge < -0.3 is 10.0 Å². The molecular formula is C8H8ClN3O2. The van der Waals surface area contributed by atoms with E-state index < -0.39 is 6.10 Å². The van der Waals surface area contributed by atoms with Gasteiger partial charge in [-0.05, 0) is 0 Å². The Morgan fingerprint density at radius 1 is 1.64 bits per heavy atom. The molecular weight excluding hydrogens is 206 g/mol. The predicted molar refractivity (Wildman–Crippen MR) is 49.0 cm³/mol. The number of halogens is 1. The summed E-state index contributed by atoms with van der Waals surface area (Å²) < 4.78 is 0. The van der Waals surface area contributed by atoms with Crippen molar-refractivity contribution in [2.24, 2.45) is 0 Å². The Labute approximate surface area is 85.3 Å². The first-order chi connectivity index (χ1) is 6.68. The predicted octanol–water partition coefficient (Wildman–Crippen LogP) is -0.0533. The maximum atomic E-state index is 11.6. The molecule has 2 heterocycles. The SMILES string of the molecule is O=C(c1ncncc1Cl)N1CC(O)C1. The molecule has 1 aliphatic rings. The van der Waals surface area contributed by atoms with E-state index >= 15 is 0 Å². The molecule has 1 aliphatic heterocycles. The van der Waals surface area contributed by atoms with Crippen molar-refractivity contribution < 1.29 is 9.90 Å². The first-order valence-corrected chi connectivity index (χ1v) is 4.49. The lowest BCUT2D eigenvalue weighted by Gasteiger charge is -2.35. The molecule has 6 heteroatoms. The van der Waals surface area contributed by atoms with Gasteiger partial charge in [0.15, 0.2) is 0 Å². The van der Waals surface area contributed by atoms with Crippen molar-refractivity contribution in [3.8, 4) is 0 Å². The second-order valence-electron chi connectivity index (χ2n) is 3.08. The van der Waals surface area contributed by atoms with Crippen LogP contribution in [-0.4, -0.2) is 45.1 Å². The van der Waals surface area contributed by atoms with Gasteiger partial charge in [-0.15, -0.1) is 0 Å². The molecule has 74 valence electrons. The molecule has 0 radical (unpaired) electrons. The Kier molecular flexibility index (Phi) is 2.35. The molecule has 0 atom stereocenters. The van der Waals surface area contributed by atoms with Crippen molar-refractivity contribution in [1.82, 2.24) is 14.9 Å². The third-order valence-corrected chi connectivity index (χ3v) is 2.30. The summed E-state index contributed by atoms with van der Waals surface area (Å²) in [6, 6.07) is 0. The summed E-state index contributed by atoms with van der Waals surface area (Å²) in [6.45, 7) is 0.693. The van der Waals surface area contributed by atoms with E-state index in [-0.39, 0.29) is 16.6 Å². The standard InChI is InChI=1S/C8H8ClN3O2/c9-6-1-10-4-11-7(6)8(14)12-2-5(13)3-12/h1,4-5,13H,2-3H2. The number of amides is 1. The van der Waals surface area contributed by atoms with Crippen molar-refractivity contribution in [3.63, 3.8) is 0 Å². The lowest BCUT2D eigenvalue weighted by atomic mass is 10.1. The Bertz CT molecular complexity index is 365. The van der Waals surface area contributed by atoms with E-state index in [2.05, 4.69) is 9.97 Å². The number of nitrogens with zero attached hydrogens (tertiary/aromatic N) is 3. The summed E-state index contributed by atoms with van der Waals surface area (Å²) in [5, 5.41) is 9.26. The molecule has 0 aromatic carbocycles. The molecule has 2 rings (SSSR count). The average molecular weight is 214 g/mol. The fourth-order valence-corrected chi connectivity index (χ4v) is 1.43. The Morgan fingerprint density at radius 3 is 2.93 bits per heavy atom. The van der Waals surface area contributed by atoms with E-state index in [1.54, 1.807) is 0 Å². The fraction of sp³-hybridized carbons (Fsp3) is 0.375. The van der Waals surface area contributed by atoms with Gasteiger partial charge in [0.2, 0.25) is 0 Å². The summed E-state index contributed by atoms with van der Waals surface area (Å²) in [5.41, 5.74) is 0.188. The number of hydrogen-bond donors (Lipinski definition) is 1. The van der Waals surface area contributed by atoms with Gasteiger partial charge in [0.25, 0.3) is 5.91 Å². The summed E-state index contributed by atoms with van der Waals surface area (Å²) in [7, 11) is 0. The topological polar surface area (TPSA) is 66.3 Å². The summed E-state index contributed by atoms with van der Waals surface area (Å²) in [5.74, 6) is -0.261. The first kappa shape index (κ1) is 9.36. The van der Waals surface area contributed by atoms with Gasteiger partial charge in [0.05, 0.1) is 11.1 Å². The molecule has 0 spiro atoms. The van der Waals surface area contributed by atoms with Crippen molar-refractivity contribution in [2.45, 2.75) is 6.10 Å². The van der Waals surface area contributed by atoms with Gasteiger partial charge >= 0.3 is 0 Å². The zero-order valence-corrected chi connectivity index (χ0v) is 7.98. The van der Waals surface area contributed by atoms with Crippen LogP contribution in [0.25, 0.3) is 0 Å². The van der Waals surface area contributed by atoms with Crippen LogP contribution in [0.1, 0.15) is 10.5 Å². The third-order valence-electron chi connectivity index (χ3n) is 2.02. The van der Waals surface area contributed by atoms with Gasteiger partial charge in [0.1, 0.15) is 12.0 Å². The Balaban J connectivity index is 2.16. The van der Waals surface area contributed by atoms with Crippen LogP contribution in [-0.2, 0) is 0 Å². The highest BCUT2D eigenvalue weighted by Gasteiger charge is 2.31. The number of carbonyl (C=O) groups is 1. The number of aliphatic hydroxyl groups excluding tert-OH is 1. The van der Waals surface area contributed by atoms with E-state index in [9.17, 15) is 4.79 Å². The highest BCUT2D eigenvalue weighted by atomic mass is 35.5. The van der Waals surface area contributed by atoms with Crippen LogP contribution in [0.2, 0.25) is 5.02 Å². The van der Waals surface area contributed by atoms with Crippen LogP contribution in [0, 0.1) is 0 Å². The van der Waals surface area contributed by atoms with Crippen molar-refractivity contribution in [1.29, 1.82) is 0 Å². The normalized spacial score (nSPS) is 16.6. The zero-order chi connectivity index (χ0) is 10.1. The number of carbonyl (C=O) groups excluding carboxylic acids is 1. The molecule has 1 aromatic rings. The van der Waals surface area contributed by atoms with Gasteiger partial charge in [-0.3, -0.25) is 4.79 Å². The lowest BCUT2D eigenvalue weighted by Crippen LogP contribution is -2.53. The van der Waals surface area contributed by atoms with Crippen molar-refractivity contribution >= 4 is 17.5 Å². The Hall–Kier alpha value is -1.20. The molecule has 1 aromatic heterocycles. The number of aliphatic hydroxyl groups is 1. The molecule has 5 nitrogen and oxygen atoms in total. The molecule has 0 unspecified atom stereocenters. The number of β-amino-alcohol motifs (C(OH)–C–C–N with tert-alkyl or cyclic N) is 1. The summed E-state index contributed by atoms with van der Waals surface area (Å²) >= 11 is 5.75. The first-order valence-electron chi connectivity index (χ1n) is 4.11. The highest BCUT2D eigenvalue weighted by Crippen LogP contribution is 2.17. The van der Waals surface area contributed by atoms with Crippen LogP contribution >= 0.6 is 11.6 Å². The lowest BCUT2D eigenvalue weighted by molar-refractivity contribution is 0.00550. The molecule has 0 bridgehead atoms. The minimum Gasteiger partial charge on any atom is -0.389 e. The number of hydrogen-bond acceptors (Lipinski definition) is 4. The average Bonchev–Trinajstić information content (AvgIpc) is 2.13. The van der Waals surface area contributed by atoms with Gasteiger partial charge in [-0.1, -0.05) is 11.6 Å². The van der Waals surface area contributed by atoms with Crippen LogP contribution in [0.15, 0.2) is 12.5 Å². The Morgan fingerprint density at radius 2 is 2.36 bits per heavy atom. The van der Waals surface area contributed by atoms with E-state index in [0.29, 0.717) is 13.1 Å². The maximum absolute atomic E-state index is 11.6. The minimum absolute atomic E-state index is 0.188. The van der Waals surface area contributed by atoms with Gasteiger partial charge in [-0.25, -0.2) is 9.97 Å². The van der Waals surface area contributed by atoms with Crippen molar-refractivity contribution in [2.75, 3.05) is 13.1 Å². The maximum Gasteiger partial charge on any atom is 0.274 e. The smallest absolute Gasteiger partial charge is 0.274 e. The van der Waals surface area contributed by atoms with E-state index in [1.807, 2.05) is 0 Å². The van der Waals surface area contributed by atoms with E-state index in [4.69, 9.17) is 16.7 Å². The van der Waals surface area contributed by atoms with Crippen LogP contribution in [0.4, 0.5) is 0 Å².